The molecule has 6 nitrogen and oxygen atoms in total. The highest BCUT2D eigenvalue weighted by molar-refractivity contribution is 5.91. The van der Waals surface area contributed by atoms with Crippen molar-refractivity contribution in [1.82, 2.24) is 5.32 Å². The molecule has 26 heavy (non-hydrogen) atoms. The summed E-state index contributed by atoms with van der Waals surface area (Å²) in [6.45, 7) is 3.83. The number of carbonyl (C=O) groups is 2. The van der Waals surface area contributed by atoms with Crippen LogP contribution in [-0.2, 0) is 16.1 Å². The van der Waals surface area contributed by atoms with Crippen LogP contribution < -0.4 is 14.8 Å². The van der Waals surface area contributed by atoms with Gasteiger partial charge in [0.2, 0.25) is 0 Å². The summed E-state index contributed by atoms with van der Waals surface area (Å²) < 4.78 is 15.7. The fourth-order valence-electron chi connectivity index (χ4n) is 2.19. The zero-order valence-electron chi connectivity index (χ0n) is 15.2. The Morgan fingerprint density at radius 3 is 2.42 bits per heavy atom. The lowest BCUT2D eigenvalue weighted by molar-refractivity contribution is -0.124. The molecule has 0 saturated carbocycles. The molecule has 0 saturated heterocycles. The number of hydrogen-bond donors (Lipinski definition) is 1. The molecule has 0 bridgehead atoms. The third-order valence-corrected chi connectivity index (χ3v) is 3.42. The number of ether oxygens (including phenoxy) is 3. The van der Waals surface area contributed by atoms with Crippen molar-refractivity contribution >= 4 is 11.9 Å². The van der Waals surface area contributed by atoms with E-state index in [0.717, 1.165) is 5.56 Å². The average Bonchev–Trinajstić information content (AvgIpc) is 2.64. The summed E-state index contributed by atoms with van der Waals surface area (Å²) in [5, 5.41) is 2.70. The summed E-state index contributed by atoms with van der Waals surface area (Å²) in [6.07, 6.45) is 0.0566. The van der Waals surface area contributed by atoms with E-state index in [1.54, 1.807) is 31.4 Å². The first-order valence-corrected chi connectivity index (χ1v) is 8.31. The molecule has 138 valence electrons. The van der Waals surface area contributed by atoms with E-state index in [1.807, 2.05) is 38.1 Å². The third-order valence-electron chi connectivity index (χ3n) is 3.42. The standard InChI is InChI=1S/C20H23NO5/c1-14(2)26-17-9-7-16(8-10-17)20(23)25-13-19(22)21-12-15-5-4-6-18(11-15)24-3/h4-11,14H,12-13H2,1-3H3,(H,21,22). The number of esters is 1. The molecule has 0 heterocycles. The summed E-state index contributed by atoms with van der Waals surface area (Å²) in [5.41, 5.74) is 1.26. The first-order chi connectivity index (χ1) is 12.5. The summed E-state index contributed by atoms with van der Waals surface area (Å²) >= 11 is 0. The number of hydrogen-bond acceptors (Lipinski definition) is 5. The van der Waals surface area contributed by atoms with Gasteiger partial charge in [0.25, 0.3) is 5.91 Å². The SMILES string of the molecule is COc1cccc(CNC(=O)COC(=O)c2ccc(OC(C)C)cc2)c1. The maximum absolute atomic E-state index is 12.0. The minimum atomic E-state index is -0.558. The second-order valence-electron chi connectivity index (χ2n) is 5.90. The molecule has 0 aliphatic rings. The van der Waals surface area contributed by atoms with E-state index in [1.165, 1.54) is 0 Å². The third kappa shape index (κ3) is 6.12. The van der Waals surface area contributed by atoms with Crippen LogP contribution in [0.3, 0.4) is 0 Å². The highest BCUT2D eigenvalue weighted by Crippen LogP contribution is 2.14. The maximum Gasteiger partial charge on any atom is 0.338 e. The Kier molecular flexibility index (Phi) is 7.02. The highest BCUT2D eigenvalue weighted by atomic mass is 16.5. The number of carbonyl (C=O) groups excluding carboxylic acids is 2. The Morgan fingerprint density at radius 2 is 1.77 bits per heavy atom. The van der Waals surface area contributed by atoms with E-state index < -0.39 is 5.97 Å². The van der Waals surface area contributed by atoms with E-state index in [9.17, 15) is 9.59 Å². The van der Waals surface area contributed by atoms with Crippen molar-refractivity contribution in [2.24, 2.45) is 0 Å². The second kappa shape index (κ2) is 9.46. The number of nitrogens with one attached hydrogen (secondary N) is 1. The van der Waals surface area contributed by atoms with Gasteiger partial charge in [0.15, 0.2) is 6.61 Å². The summed E-state index contributed by atoms with van der Waals surface area (Å²) in [4.78, 5) is 23.8. The molecule has 0 spiro atoms. The Morgan fingerprint density at radius 1 is 1.04 bits per heavy atom. The van der Waals surface area contributed by atoms with Gasteiger partial charge in [-0.1, -0.05) is 12.1 Å². The molecule has 0 aliphatic carbocycles. The molecule has 2 rings (SSSR count). The summed E-state index contributed by atoms with van der Waals surface area (Å²) in [7, 11) is 1.58. The van der Waals surface area contributed by atoms with Crippen LogP contribution in [0.2, 0.25) is 0 Å². The van der Waals surface area contributed by atoms with Gasteiger partial charge in [0.1, 0.15) is 11.5 Å². The fraction of sp³-hybridized carbons (Fsp3) is 0.300. The predicted molar refractivity (Wildman–Crippen MR) is 97.3 cm³/mol. The molecule has 0 fully saturated rings. The van der Waals surface area contributed by atoms with Crippen LogP contribution in [-0.4, -0.2) is 31.7 Å². The monoisotopic (exact) mass is 357 g/mol. The molecular formula is C20H23NO5. The van der Waals surface area contributed by atoms with Crippen LogP contribution in [0.4, 0.5) is 0 Å². The predicted octanol–water partition coefficient (Wildman–Crippen LogP) is 2.96. The van der Waals surface area contributed by atoms with Crippen molar-refractivity contribution < 1.29 is 23.8 Å². The number of rotatable bonds is 8. The molecule has 0 aliphatic heterocycles. The Balaban J connectivity index is 1.78. The van der Waals surface area contributed by atoms with E-state index in [2.05, 4.69) is 5.32 Å². The van der Waals surface area contributed by atoms with Crippen LogP contribution >= 0.6 is 0 Å². The topological polar surface area (TPSA) is 73.9 Å². The maximum atomic E-state index is 12.0. The zero-order valence-corrected chi connectivity index (χ0v) is 15.2. The van der Waals surface area contributed by atoms with Gasteiger partial charge in [-0.05, 0) is 55.8 Å². The average molecular weight is 357 g/mol. The van der Waals surface area contributed by atoms with Gasteiger partial charge in [0.05, 0.1) is 18.8 Å². The lowest BCUT2D eigenvalue weighted by Gasteiger charge is -2.10. The minimum Gasteiger partial charge on any atom is -0.497 e. The summed E-state index contributed by atoms with van der Waals surface area (Å²) in [6, 6.07) is 14.0. The van der Waals surface area contributed by atoms with Crippen molar-refractivity contribution in [2.75, 3.05) is 13.7 Å². The highest BCUT2D eigenvalue weighted by Gasteiger charge is 2.10. The molecular weight excluding hydrogens is 334 g/mol. The quantitative estimate of drug-likeness (QED) is 0.735. The van der Waals surface area contributed by atoms with Crippen molar-refractivity contribution in [1.29, 1.82) is 0 Å². The smallest absolute Gasteiger partial charge is 0.338 e. The first-order valence-electron chi connectivity index (χ1n) is 8.31. The second-order valence-corrected chi connectivity index (χ2v) is 5.90. The van der Waals surface area contributed by atoms with E-state index in [0.29, 0.717) is 23.6 Å². The zero-order chi connectivity index (χ0) is 18.9. The van der Waals surface area contributed by atoms with Gasteiger partial charge >= 0.3 is 5.97 Å². The van der Waals surface area contributed by atoms with Crippen LogP contribution in [0.15, 0.2) is 48.5 Å². The van der Waals surface area contributed by atoms with Crippen molar-refractivity contribution in [3.63, 3.8) is 0 Å². The van der Waals surface area contributed by atoms with Gasteiger partial charge in [-0.15, -0.1) is 0 Å². The number of methoxy groups -OCH3 is 1. The number of amides is 1. The number of benzene rings is 2. The molecule has 0 radical (unpaired) electrons. The first kappa shape index (κ1) is 19.3. The summed E-state index contributed by atoms with van der Waals surface area (Å²) in [5.74, 6) is 0.458. The lowest BCUT2D eigenvalue weighted by Crippen LogP contribution is -2.28. The van der Waals surface area contributed by atoms with Gasteiger partial charge < -0.3 is 19.5 Å². The minimum absolute atomic E-state index is 0.0566. The van der Waals surface area contributed by atoms with Crippen LogP contribution in [0.5, 0.6) is 11.5 Å². The van der Waals surface area contributed by atoms with Gasteiger partial charge in [-0.25, -0.2) is 4.79 Å². The van der Waals surface area contributed by atoms with Gasteiger partial charge in [-0.2, -0.15) is 0 Å². The van der Waals surface area contributed by atoms with Gasteiger partial charge in [-0.3, -0.25) is 4.79 Å². The molecule has 0 unspecified atom stereocenters. The van der Waals surface area contributed by atoms with Crippen molar-refractivity contribution in [2.45, 2.75) is 26.5 Å². The van der Waals surface area contributed by atoms with Crippen LogP contribution in [0, 0.1) is 0 Å². The molecule has 1 amide bonds. The molecule has 0 aromatic heterocycles. The molecule has 2 aromatic rings. The molecule has 0 atom stereocenters. The van der Waals surface area contributed by atoms with E-state index in [-0.39, 0.29) is 18.6 Å². The van der Waals surface area contributed by atoms with E-state index in [4.69, 9.17) is 14.2 Å². The van der Waals surface area contributed by atoms with Crippen LogP contribution in [0.1, 0.15) is 29.8 Å². The van der Waals surface area contributed by atoms with Gasteiger partial charge in [0, 0.05) is 6.54 Å². The fourth-order valence-corrected chi connectivity index (χ4v) is 2.19. The molecule has 6 heteroatoms. The largest absolute Gasteiger partial charge is 0.497 e. The molecule has 1 N–H and O–H groups in total. The van der Waals surface area contributed by atoms with Crippen molar-refractivity contribution in [3.8, 4) is 11.5 Å². The normalized spacial score (nSPS) is 10.3. The Hall–Kier alpha value is -3.02. The van der Waals surface area contributed by atoms with Crippen molar-refractivity contribution in [3.05, 3.63) is 59.7 Å². The van der Waals surface area contributed by atoms with E-state index >= 15 is 0 Å². The Labute approximate surface area is 153 Å². The van der Waals surface area contributed by atoms with Crippen LogP contribution in [0.25, 0.3) is 0 Å². The Bertz CT molecular complexity index is 740. The molecule has 2 aromatic carbocycles. The lowest BCUT2D eigenvalue weighted by atomic mass is 10.2.